The SMILES string of the molecule is CCc1cc(OC(C(=O)O)C2CC2)ccc1Cl. The highest BCUT2D eigenvalue weighted by molar-refractivity contribution is 6.31. The van der Waals surface area contributed by atoms with E-state index in [2.05, 4.69) is 0 Å². The van der Waals surface area contributed by atoms with Crippen LogP contribution >= 0.6 is 11.6 Å². The zero-order chi connectivity index (χ0) is 12.4. The Labute approximate surface area is 105 Å². The monoisotopic (exact) mass is 254 g/mol. The van der Waals surface area contributed by atoms with Crippen LogP contribution in [0.1, 0.15) is 25.3 Å². The van der Waals surface area contributed by atoms with Gasteiger partial charge in [-0.05, 0) is 43.0 Å². The van der Waals surface area contributed by atoms with Crippen LogP contribution in [0.25, 0.3) is 0 Å². The molecule has 0 bridgehead atoms. The van der Waals surface area contributed by atoms with Crippen LogP contribution in [0.5, 0.6) is 5.75 Å². The number of ether oxygens (including phenoxy) is 1. The Bertz CT molecular complexity index is 427. The van der Waals surface area contributed by atoms with Crippen molar-refractivity contribution in [1.29, 1.82) is 0 Å². The summed E-state index contributed by atoms with van der Waals surface area (Å²) in [5.74, 6) is -0.140. The first-order valence-electron chi connectivity index (χ1n) is 5.79. The fourth-order valence-corrected chi connectivity index (χ4v) is 2.04. The molecular formula is C13H15ClO3. The molecule has 3 nitrogen and oxygen atoms in total. The molecule has 0 aromatic heterocycles. The van der Waals surface area contributed by atoms with Crippen LogP contribution in [-0.4, -0.2) is 17.2 Å². The van der Waals surface area contributed by atoms with Gasteiger partial charge in [-0.1, -0.05) is 18.5 Å². The molecule has 0 spiro atoms. The number of aliphatic carboxylic acids is 1. The highest BCUT2D eigenvalue weighted by Crippen LogP contribution is 2.35. The number of carboxylic acids is 1. The smallest absolute Gasteiger partial charge is 0.345 e. The highest BCUT2D eigenvalue weighted by atomic mass is 35.5. The number of halogens is 1. The van der Waals surface area contributed by atoms with Gasteiger partial charge in [0.05, 0.1) is 0 Å². The maximum Gasteiger partial charge on any atom is 0.345 e. The molecule has 92 valence electrons. The van der Waals surface area contributed by atoms with E-state index in [4.69, 9.17) is 21.4 Å². The van der Waals surface area contributed by atoms with E-state index in [1.54, 1.807) is 12.1 Å². The molecule has 1 N–H and O–H groups in total. The van der Waals surface area contributed by atoms with Gasteiger partial charge >= 0.3 is 5.97 Å². The largest absolute Gasteiger partial charge is 0.478 e. The van der Waals surface area contributed by atoms with Gasteiger partial charge in [0, 0.05) is 10.9 Å². The lowest BCUT2D eigenvalue weighted by molar-refractivity contribution is -0.146. The highest BCUT2D eigenvalue weighted by Gasteiger charge is 2.38. The fourth-order valence-electron chi connectivity index (χ4n) is 1.79. The number of aryl methyl sites for hydroxylation is 1. The number of hydrogen-bond acceptors (Lipinski definition) is 2. The predicted molar refractivity (Wildman–Crippen MR) is 65.6 cm³/mol. The molecule has 1 aliphatic rings. The van der Waals surface area contributed by atoms with Crippen molar-refractivity contribution >= 4 is 17.6 Å². The van der Waals surface area contributed by atoms with Crippen molar-refractivity contribution < 1.29 is 14.6 Å². The van der Waals surface area contributed by atoms with Crippen LogP contribution in [0.4, 0.5) is 0 Å². The molecule has 1 fully saturated rings. The molecule has 0 aliphatic heterocycles. The number of benzene rings is 1. The van der Waals surface area contributed by atoms with Gasteiger partial charge in [-0.15, -0.1) is 0 Å². The molecule has 4 heteroatoms. The van der Waals surface area contributed by atoms with Gasteiger partial charge in [0.15, 0.2) is 6.10 Å². The number of rotatable bonds is 5. The summed E-state index contributed by atoms with van der Waals surface area (Å²) in [6, 6.07) is 5.29. The molecule has 1 unspecified atom stereocenters. The first-order chi connectivity index (χ1) is 8.11. The lowest BCUT2D eigenvalue weighted by Gasteiger charge is -2.15. The second-order valence-electron chi connectivity index (χ2n) is 4.32. The maximum absolute atomic E-state index is 11.1. The summed E-state index contributed by atoms with van der Waals surface area (Å²) in [4.78, 5) is 11.1. The summed E-state index contributed by atoms with van der Waals surface area (Å²) in [5.41, 5.74) is 0.976. The van der Waals surface area contributed by atoms with Crippen LogP contribution in [0, 0.1) is 5.92 Å². The Hall–Kier alpha value is -1.22. The van der Waals surface area contributed by atoms with Crippen molar-refractivity contribution in [1.82, 2.24) is 0 Å². The molecule has 1 aromatic rings. The summed E-state index contributed by atoms with van der Waals surface area (Å²) in [5, 5.41) is 9.77. The molecule has 0 radical (unpaired) electrons. The second kappa shape index (κ2) is 4.96. The Morgan fingerprint density at radius 3 is 2.82 bits per heavy atom. The van der Waals surface area contributed by atoms with Gasteiger partial charge in [-0.2, -0.15) is 0 Å². The van der Waals surface area contributed by atoms with Gasteiger partial charge in [0.2, 0.25) is 0 Å². The van der Waals surface area contributed by atoms with Crippen molar-refractivity contribution in [3.05, 3.63) is 28.8 Å². The average Bonchev–Trinajstić information content (AvgIpc) is 3.11. The van der Waals surface area contributed by atoms with E-state index in [-0.39, 0.29) is 5.92 Å². The lowest BCUT2D eigenvalue weighted by atomic mass is 10.1. The third-order valence-corrected chi connectivity index (χ3v) is 3.32. The molecule has 1 atom stereocenters. The summed E-state index contributed by atoms with van der Waals surface area (Å²) in [6.07, 6.45) is 1.95. The van der Waals surface area contributed by atoms with Crippen molar-refractivity contribution in [2.24, 2.45) is 5.92 Å². The van der Waals surface area contributed by atoms with Crippen molar-refractivity contribution in [2.75, 3.05) is 0 Å². The van der Waals surface area contributed by atoms with Gasteiger partial charge in [-0.25, -0.2) is 4.79 Å². The number of hydrogen-bond donors (Lipinski definition) is 1. The fraction of sp³-hybridized carbons (Fsp3) is 0.462. The average molecular weight is 255 g/mol. The van der Waals surface area contributed by atoms with E-state index in [0.717, 1.165) is 24.8 Å². The van der Waals surface area contributed by atoms with Gasteiger partial charge in [0.25, 0.3) is 0 Å². The summed E-state index contributed by atoms with van der Waals surface area (Å²) in [7, 11) is 0. The minimum atomic E-state index is -0.888. The first kappa shape index (κ1) is 12.2. The quantitative estimate of drug-likeness (QED) is 0.878. The van der Waals surface area contributed by atoms with E-state index in [1.165, 1.54) is 0 Å². The minimum absolute atomic E-state index is 0.160. The topological polar surface area (TPSA) is 46.5 Å². The van der Waals surface area contributed by atoms with Crippen LogP contribution < -0.4 is 4.74 Å². The van der Waals surface area contributed by atoms with Crippen LogP contribution in [-0.2, 0) is 11.2 Å². The molecule has 0 heterocycles. The van der Waals surface area contributed by atoms with Crippen molar-refractivity contribution in [3.8, 4) is 5.75 Å². The zero-order valence-electron chi connectivity index (χ0n) is 9.65. The van der Waals surface area contributed by atoms with Gasteiger partial charge < -0.3 is 9.84 Å². The molecule has 1 aromatic carbocycles. The number of carbonyl (C=O) groups is 1. The van der Waals surface area contributed by atoms with E-state index < -0.39 is 12.1 Å². The summed E-state index contributed by atoms with van der Waals surface area (Å²) >= 11 is 6.00. The predicted octanol–water partition coefficient (Wildman–Crippen LogP) is 3.14. The van der Waals surface area contributed by atoms with Crippen LogP contribution in [0.2, 0.25) is 5.02 Å². The van der Waals surface area contributed by atoms with E-state index >= 15 is 0 Å². The normalized spacial score (nSPS) is 16.6. The van der Waals surface area contributed by atoms with Crippen LogP contribution in [0.15, 0.2) is 18.2 Å². The number of carboxylic acid groups (broad SMARTS) is 1. The zero-order valence-corrected chi connectivity index (χ0v) is 10.4. The molecule has 1 aliphatic carbocycles. The second-order valence-corrected chi connectivity index (χ2v) is 4.73. The Morgan fingerprint density at radius 1 is 1.59 bits per heavy atom. The van der Waals surface area contributed by atoms with E-state index in [0.29, 0.717) is 10.8 Å². The van der Waals surface area contributed by atoms with Crippen molar-refractivity contribution in [2.45, 2.75) is 32.3 Å². The lowest BCUT2D eigenvalue weighted by Crippen LogP contribution is -2.29. The Kier molecular flexibility index (Phi) is 3.57. The van der Waals surface area contributed by atoms with Crippen molar-refractivity contribution in [3.63, 3.8) is 0 Å². The Balaban J connectivity index is 2.14. The Morgan fingerprint density at radius 2 is 2.29 bits per heavy atom. The maximum atomic E-state index is 11.1. The summed E-state index contributed by atoms with van der Waals surface area (Å²) in [6.45, 7) is 2.00. The molecule has 0 amide bonds. The third-order valence-electron chi connectivity index (χ3n) is 2.95. The minimum Gasteiger partial charge on any atom is -0.478 e. The van der Waals surface area contributed by atoms with Crippen LogP contribution in [0.3, 0.4) is 0 Å². The molecule has 0 saturated heterocycles. The van der Waals surface area contributed by atoms with Gasteiger partial charge in [-0.3, -0.25) is 0 Å². The molecule has 2 rings (SSSR count). The van der Waals surface area contributed by atoms with Gasteiger partial charge in [0.1, 0.15) is 5.75 Å². The standard InChI is InChI=1S/C13H15ClO3/c1-2-8-7-10(5-6-11(8)14)17-12(13(15)16)9-3-4-9/h5-7,9,12H,2-4H2,1H3,(H,15,16). The first-order valence-corrected chi connectivity index (χ1v) is 6.17. The molecule has 17 heavy (non-hydrogen) atoms. The third kappa shape index (κ3) is 2.91. The van der Waals surface area contributed by atoms with E-state index in [1.807, 2.05) is 13.0 Å². The molecule has 1 saturated carbocycles. The van der Waals surface area contributed by atoms with E-state index in [9.17, 15) is 4.79 Å². The summed E-state index contributed by atoms with van der Waals surface area (Å²) < 4.78 is 5.54. The molecular weight excluding hydrogens is 240 g/mol.